The van der Waals surface area contributed by atoms with Gasteiger partial charge in [-0.05, 0) is 30.9 Å². The number of thioether (sulfide) groups is 1. The quantitative estimate of drug-likeness (QED) is 0.620. The van der Waals surface area contributed by atoms with E-state index in [2.05, 4.69) is 22.2 Å². The van der Waals surface area contributed by atoms with E-state index in [0.29, 0.717) is 22.6 Å². The molecule has 4 nitrogen and oxygen atoms in total. The van der Waals surface area contributed by atoms with E-state index in [0.717, 1.165) is 13.0 Å². The second-order valence-electron chi connectivity index (χ2n) is 4.18. The van der Waals surface area contributed by atoms with Gasteiger partial charge in [0.05, 0.1) is 5.02 Å². The van der Waals surface area contributed by atoms with E-state index in [4.69, 9.17) is 16.3 Å². The number of rotatable bonds is 6. The fourth-order valence-electron chi connectivity index (χ4n) is 1.56. The van der Waals surface area contributed by atoms with Gasteiger partial charge in [-0.15, -0.1) is 0 Å². The van der Waals surface area contributed by atoms with E-state index in [1.54, 1.807) is 6.07 Å². The van der Waals surface area contributed by atoms with Crippen LogP contribution in [0.15, 0.2) is 29.4 Å². The van der Waals surface area contributed by atoms with E-state index >= 15 is 0 Å². The Morgan fingerprint density at radius 2 is 2.14 bits per heavy atom. The standard InChI is InChI=1S/C14H15ClFN3OS/c1-3-6-17-12-8-13(19-14(18-12)21-2)20-11-5-4-9(16)7-10(11)15/h4-5,7-8H,3,6H2,1-2H3,(H,17,18,19). The van der Waals surface area contributed by atoms with Gasteiger partial charge in [0.2, 0.25) is 5.88 Å². The molecule has 1 N–H and O–H groups in total. The fourth-order valence-corrected chi connectivity index (χ4v) is 2.14. The first-order valence-corrected chi connectivity index (χ1v) is 8.02. The monoisotopic (exact) mass is 327 g/mol. The van der Waals surface area contributed by atoms with Gasteiger partial charge >= 0.3 is 0 Å². The molecule has 0 spiro atoms. The smallest absolute Gasteiger partial charge is 0.225 e. The van der Waals surface area contributed by atoms with Crippen molar-refractivity contribution in [3.8, 4) is 11.6 Å². The molecular formula is C14H15ClFN3OS. The molecule has 1 aromatic carbocycles. The summed E-state index contributed by atoms with van der Waals surface area (Å²) in [4.78, 5) is 8.59. The Hall–Kier alpha value is -1.53. The van der Waals surface area contributed by atoms with Crippen LogP contribution >= 0.6 is 23.4 Å². The summed E-state index contributed by atoms with van der Waals surface area (Å²) >= 11 is 7.36. The number of nitrogens with zero attached hydrogens (tertiary/aromatic N) is 2. The Kier molecular flexibility index (Phi) is 5.64. The van der Waals surface area contributed by atoms with Gasteiger partial charge in [-0.25, -0.2) is 9.37 Å². The van der Waals surface area contributed by atoms with Gasteiger partial charge in [0.15, 0.2) is 5.16 Å². The van der Waals surface area contributed by atoms with Crippen molar-refractivity contribution in [1.29, 1.82) is 0 Å². The zero-order valence-corrected chi connectivity index (χ0v) is 13.3. The van der Waals surface area contributed by atoms with Gasteiger partial charge in [-0.2, -0.15) is 4.98 Å². The third kappa shape index (κ3) is 4.47. The molecule has 1 heterocycles. The van der Waals surface area contributed by atoms with Gasteiger partial charge < -0.3 is 10.1 Å². The third-order valence-electron chi connectivity index (χ3n) is 2.53. The number of hydrogen-bond acceptors (Lipinski definition) is 5. The van der Waals surface area contributed by atoms with Crippen LogP contribution in [0.5, 0.6) is 11.6 Å². The van der Waals surface area contributed by atoms with Crippen LogP contribution in [0.4, 0.5) is 10.2 Å². The minimum absolute atomic E-state index is 0.197. The van der Waals surface area contributed by atoms with E-state index < -0.39 is 5.82 Å². The summed E-state index contributed by atoms with van der Waals surface area (Å²) in [6.45, 7) is 2.88. The van der Waals surface area contributed by atoms with Gasteiger partial charge in [-0.1, -0.05) is 30.3 Å². The molecule has 0 atom stereocenters. The topological polar surface area (TPSA) is 47.0 Å². The van der Waals surface area contributed by atoms with Crippen molar-refractivity contribution in [3.63, 3.8) is 0 Å². The molecule has 2 rings (SSSR count). The van der Waals surface area contributed by atoms with Crippen LogP contribution in [-0.2, 0) is 0 Å². The van der Waals surface area contributed by atoms with Crippen LogP contribution in [0, 0.1) is 5.82 Å². The Labute approximate surface area is 132 Å². The maximum atomic E-state index is 13.0. The summed E-state index contributed by atoms with van der Waals surface area (Å²) in [7, 11) is 0. The van der Waals surface area contributed by atoms with Gasteiger partial charge in [0.1, 0.15) is 17.4 Å². The molecule has 0 radical (unpaired) electrons. The Bertz CT molecular complexity index is 627. The number of hydrogen-bond donors (Lipinski definition) is 1. The Morgan fingerprint density at radius 1 is 1.33 bits per heavy atom. The lowest BCUT2D eigenvalue weighted by Gasteiger charge is -2.10. The largest absolute Gasteiger partial charge is 0.437 e. The first kappa shape index (κ1) is 15.9. The first-order valence-electron chi connectivity index (χ1n) is 6.42. The van der Waals surface area contributed by atoms with Crippen molar-refractivity contribution < 1.29 is 9.13 Å². The lowest BCUT2D eigenvalue weighted by molar-refractivity contribution is 0.454. The number of anilines is 1. The lowest BCUT2D eigenvalue weighted by Crippen LogP contribution is -2.04. The Morgan fingerprint density at radius 3 is 2.81 bits per heavy atom. The summed E-state index contributed by atoms with van der Waals surface area (Å²) in [5, 5.41) is 3.97. The van der Waals surface area contributed by atoms with Crippen molar-refractivity contribution in [2.45, 2.75) is 18.5 Å². The van der Waals surface area contributed by atoms with Crippen LogP contribution in [0.3, 0.4) is 0 Å². The molecule has 0 fully saturated rings. The molecule has 0 aliphatic carbocycles. The molecule has 0 saturated carbocycles. The molecule has 0 bridgehead atoms. The fraction of sp³-hybridized carbons (Fsp3) is 0.286. The maximum Gasteiger partial charge on any atom is 0.225 e. The summed E-state index contributed by atoms with van der Waals surface area (Å²) in [5.74, 6) is 0.987. The van der Waals surface area contributed by atoms with Crippen molar-refractivity contribution in [1.82, 2.24) is 9.97 Å². The molecule has 0 unspecified atom stereocenters. The molecule has 0 aliphatic heterocycles. The molecule has 1 aromatic heterocycles. The van der Waals surface area contributed by atoms with Gasteiger partial charge in [0.25, 0.3) is 0 Å². The number of nitrogens with one attached hydrogen (secondary N) is 1. The molecule has 2 aromatic rings. The van der Waals surface area contributed by atoms with Crippen molar-refractivity contribution in [2.24, 2.45) is 0 Å². The van der Waals surface area contributed by atoms with Crippen LogP contribution in [-0.4, -0.2) is 22.8 Å². The Balaban J connectivity index is 2.25. The minimum atomic E-state index is -0.412. The predicted octanol–water partition coefficient (Wildman–Crippen LogP) is 4.61. The van der Waals surface area contributed by atoms with Crippen molar-refractivity contribution in [2.75, 3.05) is 18.1 Å². The average Bonchev–Trinajstić information content (AvgIpc) is 2.48. The third-order valence-corrected chi connectivity index (χ3v) is 3.37. The molecule has 21 heavy (non-hydrogen) atoms. The highest BCUT2D eigenvalue weighted by atomic mass is 35.5. The maximum absolute atomic E-state index is 13.0. The minimum Gasteiger partial charge on any atom is -0.437 e. The second-order valence-corrected chi connectivity index (χ2v) is 5.36. The number of benzene rings is 1. The van der Waals surface area contributed by atoms with Crippen molar-refractivity contribution in [3.05, 3.63) is 35.1 Å². The number of ether oxygens (including phenoxy) is 1. The second kappa shape index (κ2) is 7.47. The normalized spacial score (nSPS) is 10.5. The first-order chi connectivity index (χ1) is 10.1. The van der Waals surface area contributed by atoms with Crippen LogP contribution in [0.1, 0.15) is 13.3 Å². The zero-order valence-electron chi connectivity index (χ0n) is 11.7. The summed E-state index contributed by atoms with van der Waals surface area (Å²) in [6.07, 6.45) is 2.87. The molecule has 112 valence electrons. The molecule has 0 amide bonds. The van der Waals surface area contributed by atoms with Crippen LogP contribution < -0.4 is 10.1 Å². The zero-order chi connectivity index (χ0) is 15.2. The molecule has 7 heteroatoms. The van der Waals surface area contributed by atoms with E-state index in [9.17, 15) is 4.39 Å². The molecular weight excluding hydrogens is 313 g/mol. The van der Waals surface area contributed by atoms with Crippen LogP contribution in [0.2, 0.25) is 5.02 Å². The van der Waals surface area contributed by atoms with Gasteiger partial charge in [-0.3, -0.25) is 0 Å². The summed E-state index contributed by atoms with van der Waals surface area (Å²) in [5.41, 5.74) is 0. The van der Waals surface area contributed by atoms with Crippen LogP contribution in [0.25, 0.3) is 0 Å². The summed E-state index contributed by atoms with van der Waals surface area (Å²) < 4.78 is 18.7. The predicted molar refractivity (Wildman–Crippen MR) is 84.1 cm³/mol. The SMILES string of the molecule is CCCNc1cc(Oc2ccc(F)cc2Cl)nc(SC)n1. The number of aromatic nitrogens is 2. The number of halogens is 2. The van der Waals surface area contributed by atoms with Crippen molar-refractivity contribution >= 4 is 29.2 Å². The highest BCUT2D eigenvalue weighted by Crippen LogP contribution is 2.30. The molecule has 0 saturated heterocycles. The molecule has 0 aliphatic rings. The lowest BCUT2D eigenvalue weighted by atomic mass is 10.3. The van der Waals surface area contributed by atoms with Gasteiger partial charge in [0, 0.05) is 12.6 Å². The highest BCUT2D eigenvalue weighted by Gasteiger charge is 2.09. The average molecular weight is 328 g/mol. The van der Waals surface area contributed by atoms with E-state index in [1.807, 2.05) is 6.26 Å². The highest BCUT2D eigenvalue weighted by molar-refractivity contribution is 7.98. The van der Waals surface area contributed by atoms with E-state index in [1.165, 1.54) is 30.0 Å². The summed E-state index contributed by atoms with van der Waals surface area (Å²) in [6, 6.07) is 5.64. The van der Waals surface area contributed by atoms with E-state index in [-0.39, 0.29) is 5.02 Å².